The van der Waals surface area contributed by atoms with E-state index in [-0.39, 0.29) is 4.90 Å². The molecule has 2 aromatic rings. The molecule has 2 aromatic carbocycles. The van der Waals surface area contributed by atoms with Crippen LogP contribution in [0.15, 0.2) is 47.4 Å². The molecular weight excluding hydrogens is 357 g/mol. The van der Waals surface area contributed by atoms with Gasteiger partial charge in [-0.15, -0.1) is 0 Å². The Bertz CT molecular complexity index is 892. The number of amides is 1. The average molecular weight is 377 g/mol. The highest BCUT2D eigenvalue weighted by molar-refractivity contribution is 7.92. The lowest BCUT2D eigenvalue weighted by molar-refractivity contribution is -0.118. The zero-order valence-electron chi connectivity index (χ0n) is 14.4. The van der Waals surface area contributed by atoms with Crippen LogP contribution in [0.1, 0.15) is 5.56 Å². The Kier molecular flexibility index (Phi) is 5.13. The third-order valence-corrected chi connectivity index (χ3v) is 5.92. The second kappa shape index (κ2) is 7.33. The van der Waals surface area contributed by atoms with Gasteiger partial charge in [-0.1, -0.05) is 0 Å². The number of hydrogen-bond acceptors (Lipinski definition) is 4. The van der Waals surface area contributed by atoms with Crippen molar-refractivity contribution in [2.45, 2.75) is 11.8 Å². The molecule has 0 aliphatic carbocycles. The first kappa shape index (κ1) is 18.2. The number of rotatable bonds is 5. The molecule has 0 aromatic heterocycles. The van der Waals surface area contributed by atoms with Crippen molar-refractivity contribution in [3.05, 3.63) is 53.8 Å². The lowest BCUT2D eigenvalue weighted by atomic mass is 10.2. The quantitative estimate of drug-likeness (QED) is 0.811. The lowest BCUT2D eigenvalue weighted by Gasteiger charge is -2.34. The van der Waals surface area contributed by atoms with E-state index in [1.807, 2.05) is 12.1 Å². The SMILES string of the molecule is Cc1cc(F)ccc1S(=O)(=O)Nc1ccc(N2CCN(C=O)CC2)cc1. The first-order chi connectivity index (χ1) is 12.4. The molecule has 0 bridgehead atoms. The van der Waals surface area contributed by atoms with E-state index in [0.29, 0.717) is 24.3 Å². The predicted molar refractivity (Wildman–Crippen MR) is 98.2 cm³/mol. The lowest BCUT2D eigenvalue weighted by Crippen LogP contribution is -2.45. The summed E-state index contributed by atoms with van der Waals surface area (Å²) >= 11 is 0. The largest absolute Gasteiger partial charge is 0.368 e. The maximum absolute atomic E-state index is 13.2. The number of carbonyl (C=O) groups excluding carboxylic acids is 1. The molecule has 3 rings (SSSR count). The summed E-state index contributed by atoms with van der Waals surface area (Å²) in [5.41, 5.74) is 1.75. The van der Waals surface area contributed by atoms with Gasteiger partial charge in [0.1, 0.15) is 5.82 Å². The zero-order valence-corrected chi connectivity index (χ0v) is 15.2. The van der Waals surface area contributed by atoms with Gasteiger partial charge in [-0.05, 0) is 55.0 Å². The number of nitrogens with zero attached hydrogens (tertiary/aromatic N) is 2. The highest BCUT2D eigenvalue weighted by atomic mass is 32.2. The molecule has 1 fully saturated rings. The van der Waals surface area contributed by atoms with E-state index in [9.17, 15) is 17.6 Å². The van der Waals surface area contributed by atoms with E-state index in [0.717, 1.165) is 31.3 Å². The van der Waals surface area contributed by atoms with E-state index in [1.54, 1.807) is 24.0 Å². The number of hydrogen-bond donors (Lipinski definition) is 1. The molecule has 0 atom stereocenters. The maximum Gasteiger partial charge on any atom is 0.262 e. The molecule has 1 amide bonds. The molecule has 26 heavy (non-hydrogen) atoms. The van der Waals surface area contributed by atoms with Crippen LogP contribution >= 0.6 is 0 Å². The van der Waals surface area contributed by atoms with E-state index in [2.05, 4.69) is 9.62 Å². The minimum atomic E-state index is -3.78. The van der Waals surface area contributed by atoms with Crippen LogP contribution in [0.4, 0.5) is 15.8 Å². The minimum absolute atomic E-state index is 0.0490. The second-order valence-corrected chi connectivity index (χ2v) is 7.84. The summed E-state index contributed by atoms with van der Waals surface area (Å²) in [6.45, 7) is 4.36. The Hall–Kier alpha value is -2.61. The molecule has 1 saturated heterocycles. The van der Waals surface area contributed by atoms with Gasteiger partial charge in [0.15, 0.2) is 0 Å². The minimum Gasteiger partial charge on any atom is -0.368 e. The van der Waals surface area contributed by atoms with Gasteiger partial charge in [0.2, 0.25) is 6.41 Å². The first-order valence-corrected chi connectivity index (χ1v) is 9.71. The number of carbonyl (C=O) groups is 1. The number of benzene rings is 2. The van der Waals surface area contributed by atoms with Crippen LogP contribution in [-0.2, 0) is 14.8 Å². The second-order valence-electron chi connectivity index (χ2n) is 6.19. The molecule has 1 aliphatic rings. The third-order valence-electron chi connectivity index (χ3n) is 4.37. The van der Waals surface area contributed by atoms with Crippen LogP contribution in [0.25, 0.3) is 0 Å². The van der Waals surface area contributed by atoms with Crippen LogP contribution in [0, 0.1) is 12.7 Å². The summed E-state index contributed by atoms with van der Waals surface area (Å²) in [7, 11) is -3.78. The van der Waals surface area contributed by atoms with E-state index in [4.69, 9.17) is 0 Å². The molecule has 6 nitrogen and oxygen atoms in total. The number of anilines is 2. The van der Waals surface area contributed by atoms with E-state index >= 15 is 0 Å². The van der Waals surface area contributed by atoms with Gasteiger partial charge >= 0.3 is 0 Å². The van der Waals surface area contributed by atoms with Crippen molar-refractivity contribution in [1.82, 2.24) is 4.90 Å². The van der Waals surface area contributed by atoms with Crippen LogP contribution in [0.5, 0.6) is 0 Å². The summed E-state index contributed by atoms with van der Waals surface area (Å²) in [4.78, 5) is 14.7. The number of aryl methyl sites for hydroxylation is 1. The van der Waals surface area contributed by atoms with Crippen LogP contribution < -0.4 is 9.62 Å². The average Bonchev–Trinajstić information content (AvgIpc) is 2.62. The van der Waals surface area contributed by atoms with Gasteiger partial charge in [0.25, 0.3) is 10.0 Å². The van der Waals surface area contributed by atoms with Gasteiger partial charge in [-0.2, -0.15) is 0 Å². The number of sulfonamides is 1. The standard InChI is InChI=1S/C18H20FN3O3S/c1-14-12-15(19)2-7-18(14)26(24,25)20-16-3-5-17(6-4-16)22-10-8-21(13-23)9-11-22/h2-7,12-13,20H,8-11H2,1H3. The zero-order chi connectivity index (χ0) is 18.7. The molecule has 0 radical (unpaired) electrons. The first-order valence-electron chi connectivity index (χ1n) is 8.22. The van der Waals surface area contributed by atoms with Crippen molar-refractivity contribution >= 4 is 27.8 Å². The van der Waals surface area contributed by atoms with Crippen molar-refractivity contribution in [3.8, 4) is 0 Å². The fourth-order valence-electron chi connectivity index (χ4n) is 2.95. The molecule has 1 N–H and O–H groups in total. The summed E-state index contributed by atoms with van der Waals surface area (Å²) in [5, 5.41) is 0. The Morgan fingerprint density at radius 3 is 2.27 bits per heavy atom. The predicted octanol–water partition coefficient (Wildman–Crippen LogP) is 2.21. The molecule has 0 spiro atoms. The normalized spacial score (nSPS) is 15.0. The highest BCUT2D eigenvalue weighted by Gasteiger charge is 2.18. The van der Waals surface area contributed by atoms with Gasteiger partial charge in [-0.3, -0.25) is 9.52 Å². The van der Waals surface area contributed by atoms with Crippen molar-refractivity contribution in [2.24, 2.45) is 0 Å². The van der Waals surface area contributed by atoms with Crippen LogP contribution in [-0.4, -0.2) is 45.9 Å². The van der Waals surface area contributed by atoms with Crippen molar-refractivity contribution in [3.63, 3.8) is 0 Å². The molecular formula is C18H20FN3O3S. The third kappa shape index (κ3) is 3.96. The fourth-order valence-corrected chi connectivity index (χ4v) is 4.24. The highest BCUT2D eigenvalue weighted by Crippen LogP contribution is 2.23. The van der Waals surface area contributed by atoms with Crippen molar-refractivity contribution in [1.29, 1.82) is 0 Å². The van der Waals surface area contributed by atoms with Crippen molar-refractivity contribution < 1.29 is 17.6 Å². The monoisotopic (exact) mass is 377 g/mol. The van der Waals surface area contributed by atoms with Gasteiger partial charge in [-0.25, -0.2) is 12.8 Å². The molecule has 0 saturated carbocycles. The summed E-state index contributed by atoms with van der Waals surface area (Å²) in [6.07, 6.45) is 0.854. The van der Waals surface area contributed by atoms with Crippen molar-refractivity contribution in [2.75, 3.05) is 35.8 Å². The van der Waals surface area contributed by atoms with E-state index < -0.39 is 15.8 Å². The van der Waals surface area contributed by atoms with Crippen LogP contribution in [0.3, 0.4) is 0 Å². The smallest absolute Gasteiger partial charge is 0.262 e. The van der Waals surface area contributed by atoms with Gasteiger partial charge in [0, 0.05) is 37.6 Å². The number of nitrogens with one attached hydrogen (secondary N) is 1. The summed E-state index contributed by atoms with van der Waals surface area (Å²) in [6, 6.07) is 10.6. The molecule has 138 valence electrons. The number of halogens is 1. The molecule has 1 aliphatic heterocycles. The Morgan fingerprint density at radius 1 is 1.04 bits per heavy atom. The van der Waals surface area contributed by atoms with Gasteiger partial charge < -0.3 is 9.80 Å². The Labute approximate surface area is 152 Å². The topological polar surface area (TPSA) is 69.7 Å². The Morgan fingerprint density at radius 2 is 1.69 bits per heavy atom. The molecule has 8 heteroatoms. The Balaban J connectivity index is 1.72. The maximum atomic E-state index is 13.2. The number of piperazine rings is 1. The fraction of sp³-hybridized carbons (Fsp3) is 0.278. The summed E-state index contributed by atoms with van der Waals surface area (Å²) in [5.74, 6) is -0.472. The molecule has 0 unspecified atom stereocenters. The summed E-state index contributed by atoms with van der Waals surface area (Å²) < 4.78 is 40.7. The van der Waals surface area contributed by atoms with E-state index in [1.165, 1.54) is 12.1 Å². The van der Waals surface area contributed by atoms with Gasteiger partial charge in [0.05, 0.1) is 4.90 Å². The molecule has 1 heterocycles. The van der Waals surface area contributed by atoms with Crippen LogP contribution in [0.2, 0.25) is 0 Å².